The molecule has 1 heterocycles. The number of aromatic nitrogens is 1. The van der Waals surface area contributed by atoms with Gasteiger partial charge in [-0.3, -0.25) is 5.32 Å². The largest absolute Gasteiger partial charge is 0.444 e. The Bertz CT molecular complexity index is 394. The molecule has 1 amide bonds. The van der Waals surface area contributed by atoms with Gasteiger partial charge in [-0.15, -0.1) is 0 Å². The Morgan fingerprint density at radius 2 is 2.06 bits per heavy atom. The molecule has 0 aliphatic carbocycles. The monoisotopic (exact) mass is 221 g/mol. The van der Waals surface area contributed by atoms with Gasteiger partial charge in [-0.2, -0.15) is 0 Å². The minimum Gasteiger partial charge on any atom is -0.444 e. The Labute approximate surface area is 96.0 Å². The normalized spacial score (nSPS) is 11.1. The topological polar surface area (TPSA) is 51.2 Å². The summed E-state index contributed by atoms with van der Waals surface area (Å²) < 4.78 is 5.11. The van der Waals surface area contributed by atoms with E-state index in [0.717, 1.165) is 11.3 Å². The third-order valence-electron chi connectivity index (χ3n) is 1.82. The number of ether oxygens (including phenoxy) is 1. The van der Waals surface area contributed by atoms with Crippen molar-refractivity contribution in [1.82, 2.24) is 4.98 Å². The van der Waals surface area contributed by atoms with Gasteiger partial charge < -0.3 is 4.74 Å². The van der Waals surface area contributed by atoms with Crippen LogP contribution in [-0.4, -0.2) is 16.7 Å². The summed E-state index contributed by atoms with van der Waals surface area (Å²) in [7, 11) is 0. The van der Waals surface area contributed by atoms with Gasteiger partial charge in [0.25, 0.3) is 0 Å². The first-order valence-electron chi connectivity index (χ1n) is 5.07. The summed E-state index contributed by atoms with van der Waals surface area (Å²) in [5.41, 5.74) is 1.12. The molecule has 87 valence electrons. The van der Waals surface area contributed by atoms with Crippen molar-refractivity contribution >= 4 is 11.9 Å². The zero-order chi connectivity index (χ0) is 12.3. The van der Waals surface area contributed by atoms with Crippen LogP contribution in [0.3, 0.4) is 0 Å². The fourth-order valence-corrected chi connectivity index (χ4v) is 1.07. The van der Waals surface area contributed by atoms with E-state index in [1.54, 1.807) is 12.1 Å². The third kappa shape index (κ3) is 3.88. The maximum atomic E-state index is 11.4. The number of nitrogens with zero attached hydrogens (tertiary/aromatic N) is 1. The second-order valence-corrected chi connectivity index (χ2v) is 4.57. The van der Waals surface area contributed by atoms with E-state index in [9.17, 15) is 4.79 Å². The maximum absolute atomic E-state index is 11.4. The van der Waals surface area contributed by atoms with Crippen LogP contribution < -0.4 is 5.32 Å². The van der Waals surface area contributed by atoms with Crippen molar-refractivity contribution in [2.24, 2.45) is 0 Å². The van der Waals surface area contributed by atoms with Crippen LogP contribution in [0.2, 0.25) is 0 Å². The molecule has 1 N–H and O–H groups in total. The number of carbonyl (C=O) groups excluding carboxylic acids is 1. The summed E-state index contributed by atoms with van der Waals surface area (Å²) in [5.74, 6) is 0.471. The lowest BCUT2D eigenvalue weighted by Crippen LogP contribution is -2.27. The molecule has 16 heavy (non-hydrogen) atoms. The highest BCUT2D eigenvalue weighted by Crippen LogP contribution is 2.12. The van der Waals surface area contributed by atoms with E-state index in [2.05, 4.69) is 17.2 Å². The molecule has 0 saturated carbocycles. The molecule has 4 nitrogen and oxygen atoms in total. The number of rotatable bonds is 1. The molecule has 1 rings (SSSR count). The van der Waals surface area contributed by atoms with Crippen molar-refractivity contribution in [2.45, 2.75) is 33.3 Å². The lowest BCUT2D eigenvalue weighted by molar-refractivity contribution is 0.0635. The molecule has 0 bridgehead atoms. The van der Waals surface area contributed by atoms with Crippen LogP contribution in [-0.2, 0) is 4.74 Å². The van der Waals surface area contributed by atoms with E-state index in [-0.39, 0.29) is 0 Å². The SMILES string of the molecule is [CH2]c1ccc(NC(=O)OC(C)(C)C)nc1C. The van der Waals surface area contributed by atoms with Crippen LogP contribution in [0.4, 0.5) is 10.6 Å². The quantitative estimate of drug-likeness (QED) is 0.793. The molecule has 0 aliphatic rings. The van der Waals surface area contributed by atoms with E-state index >= 15 is 0 Å². The number of amides is 1. The molecule has 0 aliphatic heterocycles. The molecule has 0 atom stereocenters. The minimum atomic E-state index is -0.509. The highest BCUT2D eigenvalue weighted by Gasteiger charge is 2.16. The zero-order valence-corrected chi connectivity index (χ0v) is 10.1. The highest BCUT2D eigenvalue weighted by atomic mass is 16.6. The number of aryl methyl sites for hydroxylation is 1. The first-order valence-corrected chi connectivity index (χ1v) is 5.07. The fraction of sp³-hybridized carbons (Fsp3) is 0.417. The van der Waals surface area contributed by atoms with Gasteiger partial charge in [-0.05, 0) is 46.2 Å². The Balaban J connectivity index is 2.67. The molecule has 0 spiro atoms. The molecule has 1 aromatic rings. The number of pyridine rings is 1. The summed E-state index contributed by atoms with van der Waals surface area (Å²) in [6.45, 7) is 11.1. The molecule has 0 unspecified atom stereocenters. The van der Waals surface area contributed by atoms with Crippen molar-refractivity contribution in [2.75, 3.05) is 5.32 Å². The molecular formula is C12H17N2O2. The summed E-state index contributed by atoms with van der Waals surface area (Å²) in [5, 5.41) is 2.57. The molecule has 0 aromatic carbocycles. The second kappa shape index (κ2) is 4.51. The van der Waals surface area contributed by atoms with Gasteiger partial charge in [0.05, 0.1) is 0 Å². The van der Waals surface area contributed by atoms with Crippen molar-refractivity contribution in [3.05, 3.63) is 30.3 Å². The van der Waals surface area contributed by atoms with Crippen molar-refractivity contribution in [3.63, 3.8) is 0 Å². The number of carbonyl (C=O) groups is 1. The number of nitrogens with one attached hydrogen (secondary N) is 1. The Morgan fingerprint density at radius 1 is 1.44 bits per heavy atom. The van der Waals surface area contributed by atoms with Gasteiger partial charge >= 0.3 is 6.09 Å². The molecule has 1 radical (unpaired) electrons. The molecule has 0 saturated heterocycles. The molecule has 4 heteroatoms. The smallest absolute Gasteiger partial charge is 0.413 e. The van der Waals surface area contributed by atoms with Gasteiger partial charge in [-0.1, -0.05) is 6.07 Å². The standard InChI is InChI=1S/C12H17N2O2/c1-8-6-7-10(13-9(8)2)14-11(15)16-12(3,4)5/h6-7H,1H2,2-5H3,(H,13,14,15). The molecule has 1 aromatic heterocycles. The average molecular weight is 221 g/mol. The molecule has 0 fully saturated rings. The minimum absolute atomic E-state index is 0.471. The lowest BCUT2D eigenvalue weighted by atomic mass is 10.2. The lowest BCUT2D eigenvalue weighted by Gasteiger charge is -2.19. The van der Waals surface area contributed by atoms with E-state index in [1.807, 2.05) is 27.7 Å². The first kappa shape index (κ1) is 12.5. The Morgan fingerprint density at radius 3 is 2.56 bits per heavy atom. The predicted octanol–water partition coefficient (Wildman–Crippen LogP) is 2.92. The Kier molecular flexibility index (Phi) is 3.52. The fourth-order valence-electron chi connectivity index (χ4n) is 1.07. The summed E-state index contributed by atoms with van der Waals surface area (Å²) in [6.07, 6.45) is -0.504. The van der Waals surface area contributed by atoms with E-state index in [0.29, 0.717) is 5.82 Å². The summed E-state index contributed by atoms with van der Waals surface area (Å²) in [4.78, 5) is 15.6. The van der Waals surface area contributed by atoms with Crippen LogP contribution in [0.1, 0.15) is 32.0 Å². The first-order chi connectivity index (χ1) is 7.28. The van der Waals surface area contributed by atoms with Gasteiger partial charge in [0.1, 0.15) is 11.4 Å². The van der Waals surface area contributed by atoms with Crippen LogP contribution >= 0.6 is 0 Å². The van der Waals surface area contributed by atoms with Crippen LogP contribution in [0.15, 0.2) is 12.1 Å². The van der Waals surface area contributed by atoms with Crippen LogP contribution in [0.5, 0.6) is 0 Å². The summed E-state index contributed by atoms with van der Waals surface area (Å²) >= 11 is 0. The van der Waals surface area contributed by atoms with Crippen LogP contribution in [0, 0.1) is 13.8 Å². The molecular weight excluding hydrogens is 204 g/mol. The van der Waals surface area contributed by atoms with Gasteiger partial charge in [0.15, 0.2) is 0 Å². The number of hydrogen-bond donors (Lipinski definition) is 1. The van der Waals surface area contributed by atoms with Crippen molar-refractivity contribution in [1.29, 1.82) is 0 Å². The summed E-state index contributed by atoms with van der Waals surface area (Å²) in [6, 6.07) is 3.49. The number of hydrogen-bond acceptors (Lipinski definition) is 3. The highest BCUT2D eigenvalue weighted by molar-refractivity contribution is 5.83. The van der Waals surface area contributed by atoms with Crippen molar-refractivity contribution < 1.29 is 9.53 Å². The zero-order valence-electron chi connectivity index (χ0n) is 10.1. The van der Waals surface area contributed by atoms with Crippen LogP contribution in [0.25, 0.3) is 0 Å². The maximum Gasteiger partial charge on any atom is 0.413 e. The van der Waals surface area contributed by atoms with Gasteiger partial charge in [0, 0.05) is 5.69 Å². The van der Waals surface area contributed by atoms with Gasteiger partial charge in [-0.25, -0.2) is 9.78 Å². The van der Waals surface area contributed by atoms with Gasteiger partial charge in [0.2, 0.25) is 0 Å². The predicted molar refractivity (Wildman–Crippen MR) is 63.3 cm³/mol. The van der Waals surface area contributed by atoms with Crippen molar-refractivity contribution in [3.8, 4) is 0 Å². The van der Waals surface area contributed by atoms with E-state index < -0.39 is 11.7 Å². The van der Waals surface area contributed by atoms with E-state index in [1.165, 1.54) is 0 Å². The third-order valence-corrected chi connectivity index (χ3v) is 1.82. The Hall–Kier alpha value is -1.58. The number of anilines is 1. The van der Waals surface area contributed by atoms with E-state index in [4.69, 9.17) is 4.74 Å². The average Bonchev–Trinajstić information content (AvgIpc) is 2.08. The second-order valence-electron chi connectivity index (χ2n) is 4.57.